The molecule has 0 spiro atoms. The molecule has 0 bridgehead atoms. The van der Waals surface area contributed by atoms with Crippen molar-refractivity contribution in [1.82, 2.24) is 14.8 Å². The summed E-state index contributed by atoms with van der Waals surface area (Å²) in [4.78, 5) is 11.8. The molecule has 3 aromatic rings. The van der Waals surface area contributed by atoms with Crippen LogP contribution in [0.5, 0.6) is 5.75 Å². The number of nitrogens with zero attached hydrogens (tertiary/aromatic N) is 3. The van der Waals surface area contributed by atoms with Crippen LogP contribution in [0.3, 0.4) is 0 Å². The van der Waals surface area contributed by atoms with Gasteiger partial charge >= 0.3 is 5.97 Å². The lowest BCUT2D eigenvalue weighted by Crippen LogP contribution is -2.08. The molecule has 3 rings (SSSR count). The molecule has 27 heavy (non-hydrogen) atoms. The Morgan fingerprint density at radius 1 is 1.11 bits per heavy atom. The number of aryl methyl sites for hydroxylation is 1. The fraction of sp³-hybridized carbons (Fsp3) is 0.250. The molecule has 0 amide bonds. The van der Waals surface area contributed by atoms with Crippen molar-refractivity contribution in [1.29, 1.82) is 0 Å². The largest absolute Gasteiger partial charge is 0.495 e. The first-order valence-corrected chi connectivity index (χ1v) is 9.57. The van der Waals surface area contributed by atoms with Gasteiger partial charge in [0.25, 0.3) is 0 Å². The maximum absolute atomic E-state index is 11.8. The van der Waals surface area contributed by atoms with Crippen LogP contribution in [-0.2, 0) is 9.53 Å². The van der Waals surface area contributed by atoms with E-state index in [1.807, 2.05) is 60.0 Å². The van der Waals surface area contributed by atoms with E-state index >= 15 is 0 Å². The molecule has 1 aromatic heterocycles. The first-order chi connectivity index (χ1) is 13.2. The zero-order valence-electron chi connectivity index (χ0n) is 15.5. The number of rotatable bonds is 7. The Kier molecular flexibility index (Phi) is 6.13. The van der Waals surface area contributed by atoms with E-state index in [-0.39, 0.29) is 11.7 Å². The van der Waals surface area contributed by atoms with Gasteiger partial charge < -0.3 is 9.47 Å². The predicted molar refractivity (Wildman–Crippen MR) is 105 cm³/mol. The number of aromatic nitrogens is 3. The number of benzene rings is 2. The first kappa shape index (κ1) is 19.0. The van der Waals surface area contributed by atoms with Crippen LogP contribution in [0.25, 0.3) is 17.1 Å². The minimum Gasteiger partial charge on any atom is -0.495 e. The molecule has 0 atom stereocenters. The summed E-state index contributed by atoms with van der Waals surface area (Å²) in [5.41, 5.74) is 2.87. The molecule has 0 N–H and O–H groups in total. The molecular formula is C20H21N3O3S. The Morgan fingerprint density at radius 3 is 2.59 bits per heavy atom. The van der Waals surface area contributed by atoms with E-state index in [9.17, 15) is 4.79 Å². The number of para-hydroxylation sites is 2. The van der Waals surface area contributed by atoms with Crippen LogP contribution in [-0.4, -0.2) is 40.2 Å². The van der Waals surface area contributed by atoms with Crippen LogP contribution in [0.15, 0.2) is 53.7 Å². The molecule has 0 radical (unpaired) electrons. The third-order valence-electron chi connectivity index (χ3n) is 3.97. The second-order valence-corrected chi connectivity index (χ2v) is 6.66. The first-order valence-electron chi connectivity index (χ1n) is 8.59. The number of carbonyl (C=O) groups excluding carboxylic acids is 1. The van der Waals surface area contributed by atoms with Crippen molar-refractivity contribution in [2.24, 2.45) is 0 Å². The summed E-state index contributed by atoms with van der Waals surface area (Å²) in [5, 5.41) is 9.34. The molecule has 0 fully saturated rings. The summed E-state index contributed by atoms with van der Waals surface area (Å²) in [6.45, 7) is 4.17. The van der Waals surface area contributed by atoms with E-state index in [1.165, 1.54) is 11.8 Å². The van der Waals surface area contributed by atoms with Crippen molar-refractivity contribution in [2.45, 2.75) is 19.0 Å². The van der Waals surface area contributed by atoms with Crippen LogP contribution in [0.2, 0.25) is 0 Å². The second kappa shape index (κ2) is 8.73. The van der Waals surface area contributed by atoms with E-state index in [0.29, 0.717) is 23.3 Å². The Morgan fingerprint density at radius 2 is 1.85 bits per heavy atom. The van der Waals surface area contributed by atoms with Crippen LogP contribution < -0.4 is 4.74 Å². The Bertz CT molecular complexity index is 940. The van der Waals surface area contributed by atoms with Crippen LogP contribution in [0, 0.1) is 6.92 Å². The minimum absolute atomic E-state index is 0.162. The third kappa shape index (κ3) is 4.14. The van der Waals surface area contributed by atoms with E-state index in [4.69, 9.17) is 9.47 Å². The lowest BCUT2D eigenvalue weighted by molar-refractivity contribution is -0.139. The van der Waals surface area contributed by atoms with Crippen molar-refractivity contribution < 1.29 is 14.3 Å². The molecule has 0 aliphatic carbocycles. The topological polar surface area (TPSA) is 66.2 Å². The maximum Gasteiger partial charge on any atom is 0.316 e. The van der Waals surface area contributed by atoms with Gasteiger partial charge in [0.2, 0.25) is 0 Å². The number of hydrogen-bond donors (Lipinski definition) is 0. The minimum atomic E-state index is -0.283. The Balaban J connectivity index is 2.10. The van der Waals surface area contributed by atoms with Crippen molar-refractivity contribution in [3.8, 4) is 22.8 Å². The summed E-state index contributed by atoms with van der Waals surface area (Å²) in [7, 11) is 1.63. The molecule has 7 heteroatoms. The van der Waals surface area contributed by atoms with Gasteiger partial charge in [-0.2, -0.15) is 0 Å². The number of esters is 1. The van der Waals surface area contributed by atoms with Gasteiger partial charge in [-0.15, -0.1) is 10.2 Å². The zero-order valence-corrected chi connectivity index (χ0v) is 16.3. The van der Waals surface area contributed by atoms with Gasteiger partial charge in [-0.3, -0.25) is 9.36 Å². The molecule has 2 aromatic carbocycles. The van der Waals surface area contributed by atoms with Gasteiger partial charge in [0, 0.05) is 5.56 Å². The fourth-order valence-electron chi connectivity index (χ4n) is 2.72. The van der Waals surface area contributed by atoms with E-state index in [2.05, 4.69) is 10.2 Å². The van der Waals surface area contributed by atoms with Gasteiger partial charge in [-0.05, 0) is 31.5 Å². The van der Waals surface area contributed by atoms with Crippen molar-refractivity contribution in [2.75, 3.05) is 19.5 Å². The van der Waals surface area contributed by atoms with Crippen molar-refractivity contribution in [3.63, 3.8) is 0 Å². The normalized spacial score (nSPS) is 10.6. The van der Waals surface area contributed by atoms with Gasteiger partial charge in [0.05, 0.1) is 25.2 Å². The Hall–Kier alpha value is -2.80. The number of thioether (sulfide) groups is 1. The molecule has 0 saturated heterocycles. The summed E-state index contributed by atoms with van der Waals surface area (Å²) in [6, 6.07) is 15.7. The van der Waals surface area contributed by atoms with Crippen LogP contribution >= 0.6 is 11.8 Å². The van der Waals surface area contributed by atoms with Crippen molar-refractivity contribution in [3.05, 3.63) is 54.1 Å². The summed E-state index contributed by atoms with van der Waals surface area (Å²) in [6.07, 6.45) is 0. The molecule has 6 nitrogen and oxygen atoms in total. The lowest BCUT2D eigenvalue weighted by atomic mass is 10.1. The molecule has 0 aliphatic rings. The van der Waals surface area contributed by atoms with Crippen LogP contribution in [0.1, 0.15) is 12.5 Å². The molecule has 140 valence electrons. The quantitative estimate of drug-likeness (QED) is 0.455. The highest BCUT2D eigenvalue weighted by Gasteiger charge is 2.20. The average Bonchev–Trinajstić information content (AvgIpc) is 3.10. The highest BCUT2D eigenvalue weighted by molar-refractivity contribution is 7.99. The highest BCUT2D eigenvalue weighted by Crippen LogP contribution is 2.33. The van der Waals surface area contributed by atoms with Gasteiger partial charge in [0.15, 0.2) is 11.0 Å². The Labute approximate surface area is 162 Å². The summed E-state index contributed by atoms with van der Waals surface area (Å²) >= 11 is 1.29. The van der Waals surface area contributed by atoms with Crippen molar-refractivity contribution >= 4 is 17.7 Å². The molecule has 0 unspecified atom stereocenters. The monoisotopic (exact) mass is 383 g/mol. The summed E-state index contributed by atoms with van der Waals surface area (Å²) < 4.78 is 12.5. The van der Waals surface area contributed by atoms with Gasteiger partial charge in [0.1, 0.15) is 5.75 Å². The highest BCUT2D eigenvalue weighted by atomic mass is 32.2. The third-order valence-corrected chi connectivity index (χ3v) is 4.87. The maximum atomic E-state index is 11.8. The van der Waals surface area contributed by atoms with E-state index in [0.717, 1.165) is 16.8 Å². The SMILES string of the molecule is CCOC(=O)CSc1nnc(-c2ccccc2C)n1-c1ccccc1OC. The number of hydrogen-bond acceptors (Lipinski definition) is 6. The fourth-order valence-corrected chi connectivity index (χ4v) is 3.46. The number of carbonyl (C=O) groups is 1. The lowest BCUT2D eigenvalue weighted by Gasteiger charge is -2.14. The van der Waals surface area contributed by atoms with Crippen LogP contribution in [0.4, 0.5) is 0 Å². The predicted octanol–water partition coefficient (Wildman–Crippen LogP) is 3.91. The standard InChI is InChI=1S/C20H21N3O3S/c1-4-26-18(24)13-27-20-22-21-19(15-10-6-5-9-14(15)2)23(20)16-11-7-8-12-17(16)25-3/h5-12H,4,13H2,1-3H3. The molecular weight excluding hydrogens is 362 g/mol. The smallest absolute Gasteiger partial charge is 0.316 e. The number of ether oxygens (including phenoxy) is 2. The second-order valence-electron chi connectivity index (χ2n) is 5.72. The zero-order chi connectivity index (χ0) is 19.2. The van der Waals surface area contributed by atoms with Gasteiger partial charge in [-0.1, -0.05) is 48.2 Å². The van der Waals surface area contributed by atoms with E-state index < -0.39 is 0 Å². The average molecular weight is 383 g/mol. The molecule has 0 aliphatic heterocycles. The molecule has 1 heterocycles. The molecule has 0 saturated carbocycles. The van der Waals surface area contributed by atoms with Gasteiger partial charge in [-0.25, -0.2) is 0 Å². The summed E-state index contributed by atoms with van der Waals surface area (Å²) in [5.74, 6) is 1.28. The number of methoxy groups -OCH3 is 1. The van der Waals surface area contributed by atoms with E-state index in [1.54, 1.807) is 14.0 Å².